The van der Waals surface area contributed by atoms with Crippen molar-refractivity contribution in [1.82, 2.24) is 0 Å². The highest BCUT2D eigenvalue weighted by Gasteiger charge is 2.19. The second kappa shape index (κ2) is 19.8. The standard InChI is InChI=1S/C18H34O2.C3H5ClO/c1-2-3-4-5-6-7-8-9-10-11-12-13-14-15-16-17-18(19)20;4-1-3-2-5-3/h9-10H,2-8,11-17H2,1H3,(H,19,20);3H,1-2H2/b10-9-;. The zero-order chi connectivity index (χ0) is 18.6. The predicted octanol–water partition coefficient (Wildman–Crippen LogP) is 6.73. The zero-order valence-electron chi connectivity index (χ0n) is 16.2. The SMILES string of the molecule is CCCCCCCC/C=C\CCCCCCCC(=O)O.ClCC1CO1. The number of carbonyl (C=O) groups is 1. The van der Waals surface area contributed by atoms with Crippen LogP contribution in [0.15, 0.2) is 12.2 Å². The lowest BCUT2D eigenvalue weighted by Gasteiger charge is -1.99. The summed E-state index contributed by atoms with van der Waals surface area (Å²) < 4.78 is 4.73. The molecule has 0 spiro atoms. The number of carboxylic acid groups (broad SMARTS) is 1. The summed E-state index contributed by atoms with van der Waals surface area (Å²) >= 11 is 5.27. The monoisotopic (exact) mass is 374 g/mol. The highest BCUT2D eigenvalue weighted by Crippen LogP contribution is 2.10. The zero-order valence-corrected chi connectivity index (χ0v) is 16.9. The minimum absolute atomic E-state index is 0.332. The molecule has 148 valence electrons. The molecule has 3 nitrogen and oxygen atoms in total. The van der Waals surface area contributed by atoms with E-state index in [1.54, 1.807) is 0 Å². The number of allylic oxidation sites excluding steroid dienone is 2. The van der Waals surface area contributed by atoms with Crippen LogP contribution >= 0.6 is 11.6 Å². The molecule has 0 aliphatic carbocycles. The second-order valence-corrected chi connectivity index (χ2v) is 7.15. The maximum Gasteiger partial charge on any atom is 0.303 e. The van der Waals surface area contributed by atoms with Crippen molar-refractivity contribution in [3.05, 3.63) is 12.2 Å². The van der Waals surface area contributed by atoms with Gasteiger partial charge >= 0.3 is 5.97 Å². The summed E-state index contributed by atoms with van der Waals surface area (Å²) in [7, 11) is 0. The van der Waals surface area contributed by atoms with Crippen molar-refractivity contribution in [2.45, 2.75) is 103 Å². The molecule has 0 bridgehead atoms. The third-order valence-corrected chi connectivity index (χ3v) is 4.57. The molecule has 1 heterocycles. The van der Waals surface area contributed by atoms with Crippen molar-refractivity contribution in [3.8, 4) is 0 Å². The van der Waals surface area contributed by atoms with Crippen LogP contribution in [0.5, 0.6) is 0 Å². The Hall–Kier alpha value is -0.540. The van der Waals surface area contributed by atoms with Gasteiger partial charge in [0.15, 0.2) is 0 Å². The third kappa shape index (κ3) is 23.5. The average molecular weight is 375 g/mol. The fourth-order valence-electron chi connectivity index (χ4n) is 2.50. The Kier molecular flexibility index (Phi) is 19.4. The van der Waals surface area contributed by atoms with Gasteiger partial charge in [-0.3, -0.25) is 4.79 Å². The van der Waals surface area contributed by atoms with Crippen LogP contribution in [0.2, 0.25) is 0 Å². The first-order chi connectivity index (χ1) is 12.2. The molecule has 1 saturated heterocycles. The topological polar surface area (TPSA) is 49.8 Å². The molecule has 1 fully saturated rings. The summed E-state index contributed by atoms with van der Waals surface area (Å²) in [6.07, 6.45) is 21.6. The van der Waals surface area contributed by atoms with Crippen LogP contribution in [0.4, 0.5) is 0 Å². The lowest BCUT2D eigenvalue weighted by atomic mass is 10.1. The van der Waals surface area contributed by atoms with Crippen LogP contribution in [-0.2, 0) is 9.53 Å². The molecule has 1 aliphatic rings. The number of carboxylic acids is 1. The van der Waals surface area contributed by atoms with Crippen molar-refractivity contribution in [2.24, 2.45) is 0 Å². The molecule has 1 unspecified atom stereocenters. The summed E-state index contributed by atoms with van der Waals surface area (Å²) in [4.78, 5) is 10.3. The molecule has 0 aromatic rings. The van der Waals surface area contributed by atoms with E-state index in [-0.39, 0.29) is 0 Å². The normalized spacial score (nSPS) is 15.8. The van der Waals surface area contributed by atoms with Gasteiger partial charge in [-0.05, 0) is 32.1 Å². The van der Waals surface area contributed by atoms with Gasteiger partial charge in [0.2, 0.25) is 0 Å². The average Bonchev–Trinajstić information content (AvgIpc) is 3.43. The smallest absolute Gasteiger partial charge is 0.303 e. The first-order valence-electron chi connectivity index (χ1n) is 10.2. The maximum absolute atomic E-state index is 10.3. The van der Waals surface area contributed by atoms with Gasteiger partial charge in [0.05, 0.1) is 18.6 Å². The Morgan fingerprint density at radius 3 is 1.84 bits per heavy atom. The minimum Gasteiger partial charge on any atom is -0.481 e. The van der Waals surface area contributed by atoms with Gasteiger partial charge in [-0.25, -0.2) is 0 Å². The third-order valence-electron chi connectivity index (χ3n) is 4.23. The van der Waals surface area contributed by atoms with Gasteiger partial charge in [0.1, 0.15) is 0 Å². The van der Waals surface area contributed by atoms with Gasteiger partial charge in [-0.15, -0.1) is 11.6 Å². The van der Waals surface area contributed by atoms with E-state index < -0.39 is 5.97 Å². The molecule has 0 amide bonds. The summed E-state index contributed by atoms with van der Waals surface area (Å²) in [5.74, 6) is 0.00243. The molecule has 0 aromatic carbocycles. The predicted molar refractivity (Wildman–Crippen MR) is 108 cm³/mol. The molecule has 0 saturated carbocycles. The number of ether oxygens (including phenoxy) is 1. The Morgan fingerprint density at radius 1 is 0.960 bits per heavy atom. The minimum atomic E-state index is -0.664. The summed E-state index contributed by atoms with van der Waals surface area (Å²) in [6.45, 7) is 3.14. The van der Waals surface area contributed by atoms with Crippen LogP contribution in [-0.4, -0.2) is 29.7 Å². The van der Waals surface area contributed by atoms with Gasteiger partial charge in [-0.2, -0.15) is 0 Å². The van der Waals surface area contributed by atoms with Gasteiger partial charge in [-0.1, -0.05) is 70.4 Å². The van der Waals surface area contributed by atoms with Crippen molar-refractivity contribution >= 4 is 17.6 Å². The van der Waals surface area contributed by atoms with Crippen LogP contribution in [0.25, 0.3) is 0 Å². The quantitative estimate of drug-likeness (QED) is 0.141. The van der Waals surface area contributed by atoms with E-state index in [0.717, 1.165) is 19.4 Å². The van der Waals surface area contributed by atoms with Crippen LogP contribution in [0.1, 0.15) is 96.8 Å². The maximum atomic E-state index is 10.3. The summed E-state index contributed by atoms with van der Waals surface area (Å²) in [5.41, 5.74) is 0. The molecule has 1 aliphatic heterocycles. The van der Waals surface area contributed by atoms with E-state index in [4.69, 9.17) is 21.4 Å². The lowest BCUT2D eigenvalue weighted by molar-refractivity contribution is -0.137. The second-order valence-electron chi connectivity index (χ2n) is 6.84. The number of rotatable bonds is 16. The lowest BCUT2D eigenvalue weighted by Crippen LogP contribution is -1.93. The van der Waals surface area contributed by atoms with Crippen LogP contribution in [0, 0.1) is 0 Å². The Morgan fingerprint density at radius 2 is 1.44 bits per heavy atom. The van der Waals surface area contributed by atoms with E-state index in [0.29, 0.717) is 18.4 Å². The van der Waals surface area contributed by atoms with E-state index in [9.17, 15) is 4.79 Å². The van der Waals surface area contributed by atoms with Crippen molar-refractivity contribution in [3.63, 3.8) is 0 Å². The largest absolute Gasteiger partial charge is 0.481 e. The summed E-state index contributed by atoms with van der Waals surface area (Å²) in [6, 6.07) is 0. The molecule has 0 aromatic heterocycles. The highest BCUT2D eigenvalue weighted by atomic mass is 35.5. The van der Waals surface area contributed by atoms with Crippen LogP contribution in [0.3, 0.4) is 0 Å². The van der Waals surface area contributed by atoms with Crippen molar-refractivity contribution < 1.29 is 14.6 Å². The number of hydrogen-bond acceptors (Lipinski definition) is 2. The Labute approximate surface area is 160 Å². The molecule has 0 radical (unpaired) electrons. The highest BCUT2D eigenvalue weighted by molar-refractivity contribution is 6.18. The Balaban J connectivity index is 0.000000972. The van der Waals surface area contributed by atoms with E-state index in [2.05, 4.69) is 19.1 Å². The first kappa shape index (κ1) is 24.5. The molecule has 1 atom stereocenters. The number of aliphatic carboxylic acids is 1. The molecular formula is C21H39ClO3. The number of hydrogen-bond donors (Lipinski definition) is 1. The summed E-state index contributed by atoms with van der Waals surface area (Å²) in [5, 5.41) is 8.51. The van der Waals surface area contributed by atoms with Crippen LogP contribution < -0.4 is 0 Å². The number of halogens is 1. The van der Waals surface area contributed by atoms with E-state index in [1.807, 2.05) is 0 Å². The number of epoxide rings is 1. The fourth-order valence-corrected chi connectivity index (χ4v) is 2.68. The Bertz CT molecular complexity index is 314. The van der Waals surface area contributed by atoms with E-state index in [1.165, 1.54) is 70.6 Å². The van der Waals surface area contributed by atoms with Gasteiger partial charge < -0.3 is 9.84 Å². The molecule has 4 heteroatoms. The van der Waals surface area contributed by atoms with E-state index >= 15 is 0 Å². The number of unbranched alkanes of at least 4 members (excludes halogenated alkanes) is 11. The molecule has 25 heavy (non-hydrogen) atoms. The first-order valence-corrected chi connectivity index (χ1v) is 10.8. The molecular weight excluding hydrogens is 336 g/mol. The van der Waals surface area contributed by atoms with Gasteiger partial charge in [0.25, 0.3) is 0 Å². The van der Waals surface area contributed by atoms with Gasteiger partial charge in [0, 0.05) is 6.42 Å². The molecule has 1 N–H and O–H groups in total. The fraction of sp³-hybridized carbons (Fsp3) is 0.857. The van der Waals surface area contributed by atoms with Crippen molar-refractivity contribution in [2.75, 3.05) is 12.5 Å². The number of alkyl halides is 1. The molecule has 1 rings (SSSR count). The van der Waals surface area contributed by atoms with Crippen molar-refractivity contribution in [1.29, 1.82) is 0 Å².